The Morgan fingerprint density at radius 1 is 1.33 bits per heavy atom. The van der Waals surface area contributed by atoms with Gasteiger partial charge in [-0.3, -0.25) is 0 Å². The first-order valence-electron chi connectivity index (χ1n) is 8.06. The fraction of sp³-hybridized carbons (Fsp3) is 0.500. The van der Waals surface area contributed by atoms with Crippen LogP contribution in [0.15, 0.2) is 23.1 Å². The molecule has 1 saturated carbocycles. The van der Waals surface area contributed by atoms with Gasteiger partial charge in [-0.25, -0.2) is 13.2 Å². The smallest absolute Gasteiger partial charge is 0.337 e. The zero-order chi connectivity index (χ0) is 17.7. The second-order valence-electron chi connectivity index (χ2n) is 6.02. The summed E-state index contributed by atoms with van der Waals surface area (Å²) in [6.45, 7) is 1.74. The molecular weight excluding hydrogens is 326 g/mol. The number of carbonyl (C=O) groups excluding carboxylic acids is 1. The number of benzene rings is 1. The molecular formula is C18H23NO4S. The Kier molecular flexibility index (Phi) is 6.03. The van der Waals surface area contributed by atoms with Crippen LogP contribution in [0.5, 0.6) is 0 Å². The van der Waals surface area contributed by atoms with E-state index >= 15 is 0 Å². The first-order valence-corrected chi connectivity index (χ1v) is 9.50. The van der Waals surface area contributed by atoms with Crippen LogP contribution in [0.2, 0.25) is 0 Å². The number of hydrogen-bond acceptors (Lipinski definition) is 4. The van der Waals surface area contributed by atoms with Gasteiger partial charge >= 0.3 is 5.97 Å². The van der Waals surface area contributed by atoms with Crippen molar-refractivity contribution in [2.75, 3.05) is 13.7 Å². The molecule has 1 aromatic rings. The van der Waals surface area contributed by atoms with Crippen molar-refractivity contribution in [3.63, 3.8) is 0 Å². The van der Waals surface area contributed by atoms with E-state index in [1.54, 1.807) is 6.92 Å². The predicted molar refractivity (Wildman–Crippen MR) is 92.1 cm³/mol. The Hall–Kier alpha value is -1.84. The maximum atomic E-state index is 13.1. The molecule has 1 aliphatic rings. The number of aryl methyl sites for hydroxylation is 1. The summed E-state index contributed by atoms with van der Waals surface area (Å²) in [5.74, 6) is 1.98. The van der Waals surface area contributed by atoms with Crippen LogP contribution in [-0.2, 0) is 14.8 Å². The van der Waals surface area contributed by atoms with E-state index in [1.165, 1.54) is 29.6 Å². The van der Waals surface area contributed by atoms with Gasteiger partial charge in [0.05, 0.1) is 24.1 Å². The fourth-order valence-corrected chi connectivity index (χ4v) is 4.99. The number of methoxy groups -OCH3 is 1. The standard InChI is InChI=1S/C18H23NO4S/c1-4-12-19(16-8-6-5-7-9-16)24(21,22)17-11-10-15(13-14(17)2)18(20)23-3/h1,10-11,13,16H,5-9,12H2,2-3H3. The van der Waals surface area contributed by atoms with E-state index in [0.29, 0.717) is 11.1 Å². The number of sulfonamides is 1. The Labute approximate surface area is 144 Å². The molecule has 0 spiro atoms. The van der Waals surface area contributed by atoms with Crippen molar-refractivity contribution in [2.24, 2.45) is 0 Å². The first-order chi connectivity index (χ1) is 11.4. The van der Waals surface area contributed by atoms with Gasteiger partial charge in [-0.15, -0.1) is 6.42 Å². The number of terminal acetylenes is 1. The quantitative estimate of drug-likeness (QED) is 0.606. The number of nitrogens with zero attached hydrogens (tertiary/aromatic N) is 1. The van der Waals surface area contributed by atoms with Crippen LogP contribution >= 0.6 is 0 Å². The molecule has 130 valence electrons. The van der Waals surface area contributed by atoms with Crippen LogP contribution in [0.25, 0.3) is 0 Å². The van der Waals surface area contributed by atoms with Crippen molar-refractivity contribution < 1.29 is 17.9 Å². The molecule has 0 amide bonds. The summed E-state index contributed by atoms with van der Waals surface area (Å²) in [7, 11) is -2.41. The van der Waals surface area contributed by atoms with Gasteiger partial charge in [0.15, 0.2) is 0 Å². The van der Waals surface area contributed by atoms with E-state index in [2.05, 4.69) is 10.7 Å². The summed E-state index contributed by atoms with van der Waals surface area (Å²) >= 11 is 0. The van der Waals surface area contributed by atoms with Gasteiger partial charge in [0.2, 0.25) is 10.0 Å². The van der Waals surface area contributed by atoms with Crippen LogP contribution in [0, 0.1) is 19.3 Å². The van der Waals surface area contributed by atoms with Crippen LogP contribution < -0.4 is 0 Å². The average Bonchev–Trinajstić information content (AvgIpc) is 2.59. The molecule has 1 fully saturated rings. The van der Waals surface area contributed by atoms with E-state index in [4.69, 9.17) is 6.42 Å². The number of esters is 1. The molecule has 1 aromatic carbocycles. The Bertz CT molecular complexity index is 743. The summed E-state index contributed by atoms with van der Waals surface area (Å²) in [6.07, 6.45) is 10.2. The lowest BCUT2D eigenvalue weighted by Gasteiger charge is -2.32. The zero-order valence-corrected chi connectivity index (χ0v) is 14.9. The topological polar surface area (TPSA) is 63.7 Å². The van der Waals surface area contributed by atoms with Crippen LogP contribution in [-0.4, -0.2) is 38.4 Å². The van der Waals surface area contributed by atoms with Gasteiger partial charge in [-0.1, -0.05) is 25.2 Å². The lowest BCUT2D eigenvalue weighted by atomic mass is 9.95. The van der Waals surface area contributed by atoms with Crippen molar-refractivity contribution in [1.29, 1.82) is 0 Å². The molecule has 0 N–H and O–H groups in total. The number of rotatable bonds is 5. The summed E-state index contributed by atoms with van der Waals surface area (Å²) in [6, 6.07) is 4.41. The number of carbonyl (C=O) groups is 1. The largest absolute Gasteiger partial charge is 0.465 e. The third kappa shape index (κ3) is 3.80. The Morgan fingerprint density at radius 2 is 2.00 bits per heavy atom. The maximum absolute atomic E-state index is 13.1. The number of ether oxygens (including phenoxy) is 1. The third-order valence-corrected chi connectivity index (χ3v) is 6.47. The molecule has 24 heavy (non-hydrogen) atoms. The van der Waals surface area contributed by atoms with Crippen LogP contribution in [0.4, 0.5) is 0 Å². The lowest BCUT2D eigenvalue weighted by Crippen LogP contribution is -2.41. The maximum Gasteiger partial charge on any atom is 0.337 e. The second kappa shape index (κ2) is 7.82. The van der Waals surface area contributed by atoms with Gasteiger partial charge in [-0.05, 0) is 43.5 Å². The highest BCUT2D eigenvalue weighted by Crippen LogP contribution is 2.29. The molecule has 2 rings (SSSR count). The molecule has 0 aromatic heterocycles. The monoisotopic (exact) mass is 349 g/mol. The Balaban J connectivity index is 2.39. The second-order valence-corrected chi connectivity index (χ2v) is 7.88. The van der Waals surface area contributed by atoms with Gasteiger partial charge in [-0.2, -0.15) is 4.31 Å². The molecule has 0 bridgehead atoms. The normalized spacial score (nSPS) is 15.9. The minimum absolute atomic E-state index is 0.0560. The highest BCUT2D eigenvalue weighted by molar-refractivity contribution is 7.89. The molecule has 5 nitrogen and oxygen atoms in total. The highest BCUT2D eigenvalue weighted by Gasteiger charge is 2.32. The van der Waals surface area contributed by atoms with Gasteiger partial charge < -0.3 is 4.74 Å². The predicted octanol–water partition coefficient (Wildman–Crippen LogP) is 2.74. The molecule has 6 heteroatoms. The van der Waals surface area contributed by atoms with Gasteiger partial charge in [0, 0.05) is 6.04 Å². The van der Waals surface area contributed by atoms with E-state index in [0.717, 1.165) is 32.1 Å². The minimum atomic E-state index is -3.70. The van der Waals surface area contributed by atoms with Gasteiger partial charge in [0.1, 0.15) is 0 Å². The molecule has 0 aliphatic heterocycles. The van der Waals surface area contributed by atoms with Crippen molar-refractivity contribution in [1.82, 2.24) is 4.31 Å². The van der Waals surface area contributed by atoms with Crippen LogP contribution in [0.3, 0.4) is 0 Å². The van der Waals surface area contributed by atoms with E-state index in [-0.39, 0.29) is 17.5 Å². The average molecular weight is 349 g/mol. The van der Waals surface area contributed by atoms with E-state index < -0.39 is 16.0 Å². The van der Waals surface area contributed by atoms with Crippen molar-refractivity contribution in [3.8, 4) is 12.3 Å². The number of hydrogen-bond donors (Lipinski definition) is 0. The third-order valence-electron chi connectivity index (χ3n) is 4.41. The lowest BCUT2D eigenvalue weighted by molar-refractivity contribution is 0.0600. The highest BCUT2D eigenvalue weighted by atomic mass is 32.2. The molecule has 0 saturated heterocycles. The van der Waals surface area contributed by atoms with Crippen LogP contribution in [0.1, 0.15) is 48.0 Å². The minimum Gasteiger partial charge on any atom is -0.465 e. The molecule has 0 radical (unpaired) electrons. The van der Waals surface area contributed by atoms with E-state index in [1.807, 2.05) is 0 Å². The summed E-state index contributed by atoms with van der Waals surface area (Å²) in [5.41, 5.74) is 0.839. The van der Waals surface area contributed by atoms with Crippen molar-refractivity contribution in [2.45, 2.75) is 50.0 Å². The molecule has 1 aliphatic carbocycles. The summed E-state index contributed by atoms with van der Waals surface area (Å²) in [4.78, 5) is 11.8. The van der Waals surface area contributed by atoms with Crippen molar-refractivity contribution >= 4 is 16.0 Å². The molecule has 0 atom stereocenters. The molecule has 0 heterocycles. The fourth-order valence-electron chi connectivity index (χ4n) is 3.18. The molecule has 0 unspecified atom stereocenters. The Morgan fingerprint density at radius 3 is 2.54 bits per heavy atom. The first kappa shape index (κ1) is 18.5. The van der Waals surface area contributed by atoms with Gasteiger partial charge in [0.25, 0.3) is 0 Å². The van der Waals surface area contributed by atoms with E-state index in [9.17, 15) is 13.2 Å². The summed E-state index contributed by atoms with van der Waals surface area (Å²) < 4.78 is 32.3. The zero-order valence-electron chi connectivity index (χ0n) is 14.1. The van der Waals surface area contributed by atoms with Crippen molar-refractivity contribution in [3.05, 3.63) is 29.3 Å². The summed E-state index contributed by atoms with van der Waals surface area (Å²) in [5, 5.41) is 0. The SMILES string of the molecule is C#CCN(C1CCCCC1)S(=O)(=O)c1ccc(C(=O)OC)cc1C.